The molecule has 0 radical (unpaired) electrons. The van der Waals surface area contributed by atoms with Gasteiger partial charge in [0.2, 0.25) is 10.0 Å². The topological polar surface area (TPSA) is 38.3 Å². The Bertz CT molecular complexity index is 917. The van der Waals surface area contributed by atoms with Crippen molar-refractivity contribution >= 4 is 63.1 Å². The van der Waals surface area contributed by atoms with Crippen molar-refractivity contribution in [2.24, 2.45) is 0 Å². The van der Waals surface area contributed by atoms with Crippen LogP contribution < -0.4 is 10.1 Å². The molecule has 1 unspecified atom stereocenters. The number of fused-ring (bicyclic) bond motifs is 1. The maximum absolute atomic E-state index is 12.8. The van der Waals surface area contributed by atoms with Crippen molar-refractivity contribution in [1.82, 2.24) is 5.32 Å². The van der Waals surface area contributed by atoms with E-state index in [0.717, 1.165) is 10.8 Å². The first kappa shape index (κ1) is 19.1. The van der Waals surface area contributed by atoms with Crippen molar-refractivity contribution < 1.29 is 9.53 Å². The van der Waals surface area contributed by atoms with Crippen molar-refractivity contribution in [2.75, 3.05) is 0 Å². The molecule has 3 nitrogen and oxygen atoms in total. The molecule has 0 saturated heterocycles. The molecule has 26 heavy (non-hydrogen) atoms. The van der Waals surface area contributed by atoms with E-state index in [-0.39, 0.29) is 0 Å². The van der Waals surface area contributed by atoms with Crippen LogP contribution in [-0.2, 0) is 0 Å². The standard InChI is InChI=1S/C19H13Cl4NO2/c20-13-8-10-14(11-9-13)26-18(19(21,22)23)24-17(25)16-7-3-5-12-4-1-2-6-15(12)16/h1-11,18H,(H,24,25). The lowest BCUT2D eigenvalue weighted by Gasteiger charge is -2.26. The van der Waals surface area contributed by atoms with Crippen LogP contribution in [0.15, 0.2) is 66.7 Å². The zero-order valence-corrected chi connectivity index (χ0v) is 16.3. The Labute approximate surface area is 170 Å². The maximum Gasteiger partial charge on any atom is 0.254 e. The molecule has 3 aromatic rings. The molecule has 0 aliphatic carbocycles. The molecule has 0 bridgehead atoms. The van der Waals surface area contributed by atoms with Crippen LogP contribution in [0.25, 0.3) is 10.8 Å². The number of rotatable bonds is 4. The van der Waals surface area contributed by atoms with E-state index in [0.29, 0.717) is 16.3 Å². The van der Waals surface area contributed by atoms with E-state index in [2.05, 4.69) is 5.32 Å². The van der Waals surface area contributed by atoms with Gasteiger partial charge in [0, 0.05) is 10.6 Å². The SMILES string of the molecule is O=C(NC(Oc1ccc(Cl)cc1)C(Cl)(Cl)Cl)c1cccc2ccccc12. The van der Waals surface area contributed by atoms with Crippen molar-refractivity contribution in [3.63, 3.8) is 0 Å². The first-order valence-corrected chi connectivity index (χ1v) is 9.13. The van der Waals surface area contributed by atoms with Gasteiger partial charge in [-0.1, -0.05) is 82.8 Å². The highest BCUT2D eigenvalue weighted by Crippen LogP contribution is 2.32. The van der Waals surface area contributed by atoms with Crippen LogP contribution in [0, 0.1) is 0 Å². The van der Waals surface area contributed by atoms with E-state index in [1.165, 1.54) is 0 Å². The lowest BCUT2D eigenvalue weighted by atomic mass is 10.0. The van der Waals surface area contributed by atoms with E-state index in [1.807, 2.05) is 30.3 Å². The van der Waals surface area contributed by atoms with Crippen molar-refractivity contribution in [3.8, 4) is 5.75 Å². The zero-order valence-electron chi connectivity index (χ0n) is 13.3. The number of ether oxygens (including phenoxy) is 1. The molecule has 0 spiro atoms. The fourth-order valence-electron chi connectivity index (χ4n) is 2.45. The maximum atomic E-state index is 12.8. The number of hydrogen-bond acceptors (Lipinski definition) is 2. The predicted octanol–water partition coefficient (Wildman–Crippen LogP) is 6.00. The van der Waals surface area contributed by atoms with Gasteiger partial charge >= 0.3 is 0 Å². The summed E-state index contributed by atoms with van der Waals surface area (Å²) in [5.74, 6) is -0.00367. The van der Waals surface area contributed by atoms with Crippen LogP contribution >= 0.6 is 46.4 Å². The Balaban J connectivity index is 1.86. The summed E-state index contributed by atoms with van der Waals surface area (Å²) in [6.45, 7) is 0. The van der Waals surface area contributed by atoms with Gasteiger partial charge in [0.25, 0.3) is 5.91 Å². The lowest BCUT2D eigenvalue weighted by molar-refractivity contribution is 0.0835. The smallest absolute Gasteiger partial charge is 0.254 e. The first-order chi connectivity index (χ1) is 12.3. The predicted molar refractivity (Wildman–Crippen MR) is 108 cm³/mol. The van der Waals surface area contributed by atoms with Gasteiger partial charge in [-0.15, -0.1) is 0 Å². The summed E-state index contributed by atoms with van der Waals surface area (Å²) in [6.07, 6.45) is -1.19. The molecule has 0 aliphatic heterocycles. The molecule has 0 aliphatic rings. The van der Waals surface area contributed by atoms with Crippen LogP contribution in [0.3, 0.4) is 0 Å². The van der Waals surface area contributed by atoms with Crippen molar-refractivity contribution in [2.45, 2.75) is 10.0 Å². The molecule has 1 amide bonds. The fraction of sp³-hybridized carbons (Fsp3) is 0.105. The van der Waals surface area contributed by atoms with E-state index >= 15 is 0 Å². The Morgan fingerprint density at radius 1 is 0.923 bits per heavy atom. The summed E-state index contributed by atoms with van der Waals surface area (Å²) in [5, 5.41) is 4.91. The molecule has 0 heterocycles. The quantitative estimate of drug-likeness (QED) is 0.408. The van der Waals surface area contributed by atoms with Crippen molar-refractivity contribution in [1.29, 1.82) is 0 Å². The summed E-state index contributed by atoms with van der Waals surface area (Å²) in [7, 11) is 0. The molecule has 1 atom stereocenters. The second-order valence-corrected chi connectivity index (χ2v) is 8.30. The number of alkyl halides is 3. The highest BCUT2D eigenvalue weighted by molar-refractivity contribution is 6.68. The first-order valence-electron chi connectivity index (χ1n) is 7.62. The third-order valence-electron chi connectivity index (χ3n) is 3.66. The van der Waals surface area contributed by atoms with Crippen LogP contribution in [0.4, 0.5) is 0 Å². The minimum atomic E-state index is -1.88. The number of hydrogen-bond donors (Lipinski definition) is 1. The molecule has 0 fully saturated rings. The van der Waals surface area contributed by atoms with Crippen LogP contribution in [-0.4, -0.2) is 15.9 Å². The van der Waals surface area contributed by atoms with Gasteiger partial charge in [0.15, 0.2) is 0 Å². The minimum Gasteiger partial charge on any atom is -0.466 e. The van der Waals surface area contributed by atoms with Gasteiger partial charge in [-0.3, -0.25) is 4.79 Å². The van der Waals surface area contributed by atoms with Crippen molar-refractivity contribution in [3.05, 3.63) is 77.3 Å². The summed E-state index contributed by atoms with van der Waals surface area (Å²) >= 11 is 23.8. The monoisotopic (exact) mass is 427 g/mol. The molecule has 0 aromatic heterocycles. The molecular formula is C19H13Cl4NO2. The number of carbonyl (C=O) groups excluding carboxylic acids is 1. The van der Waals surface area contributed by atoms with E-state index in [4.69, 9.17) is 51.1 Å². The van der Waals surface area contributed by atoms with Gasteiger partial charge in [-0.2, -0.15) is 0 Å². The number of benzene rings is 3. The third kappa shape index (κ3) is 4.54. The number of halogens is 4. The van der Waals surface area contributed by atoms with Crippen LogP contribution in [0.2, 0.25) is 5.02 Å². The van der Waals surface area contributed by atoms with Crippen LogP contribution in [0.5, 0.6) is 5.75 Å². The fourth-order valence-corrected chi connectivity index (χ4v) is 2.87. The zero-order chi connectivity index (χ0) is 18.7. The second kappa shape index (κ2) is 7.93. The summed E-state index contributed by atoms with van der Waals surface area (Å²) in [6, 6.07) is 19.5. The average Bonchev–Trinajstić information content (AvgIpc) is 2.61. The number of nitrogens with one attached hydrogen (secondary N) is 1. The van der Waals surface area contributed by atoms with E-state index < -0.39 is 15.9 Å². The highest BCUT2D eigenvalue weighted by Gasteiger charge is 2.36. The summed E-state index contributed by atoms with van der Waals surface area (Å²) in [4.78, 5) is 12.8. The molecule has 134 valence electrons. The molecule has 7 heteroatoms. The molecular weight excluding hydrogens is 416 g/mol. The van der Waals surface area contributed by atoms with Gasteiger partial charge in [0.05, 0.1) is 0 Å². The van der Waals surface area contributed by atoms with Gasteiger partial charge in [-0.25, -0.2) is 0 Å². The average molecular weight is 429 g/mol. The third-order valence-corrected chi connectivity index (χ3v) is 4.51. The summed E-state index contributed by atoms with van der Waals surface area (Å²) in [5.41, 5.74) is 0.460. The van der Waals surface area contributed by atoms with E-state index in [9.17, 15) is 4.79 Å². The van der Waals surface area contributed by atoms with Crippen LogP contribution in [0.1, 0.15) is 10.4 Å². The molecule has 0 saturated carbocycles. The summed E-state index contributed by atoms with van der Waals surface area (Å²) < 4.78 is 3.78. The minimum absolute atomic E-state index is 0.406. The molecule has 3 aromatic carbocycles. The van der Waals surface area contributed by atoms with E-state index in [1.54, 1.807) is 36.4 Å². The number of carbonyl (C=O) groups is 1. The lowest BCUT2D eigenvalue weighted by Crippen LogP contribution is -2.47. The largest absolute Gasteiger partial charge is 0.466 e. The highest BCUT2D eigenvalue weighted by atomic mass is 35.6. The molecule has 1 N–H and O–H groups in total. The second-order valence-electron chi connectivity index (χ2n) is 5.49. The van der Waals surface area contributed by atoms with Gasteiger partial charge < -0.3 is 10.1 Å². The van der Waals surface area contributed by atoms with Gasteiger partial charge in [0.1, 0.15) is 5.75 Å². The Morgan fingerprint density at radius 3 is 2.27 bits per heavy atom. The Hall–Kier alpha value is -1.65. The number of amides is 1. The van der Waals surface area contributed by atoms with Gasteiger partial charge in [-0.05, 0) is 41.1 Å². The molecule has 3 rings (SSSR count). The Kier molecular flexibility index (Phi) is 5.83. The normalized spacial score (nSPS) is 12.6. The Morgan fingerprint density at radius 2 is 1.58 bits per heavy atom.